The molecular weight excluding hydrogens is 787 g/mol. The van der Waals surface area contributed by atoms with Gasteiger partial charge in [-0.2, -0.15) is 0 Å². The van der Waals surface area contributed by atoms with Gasteiger partial charge in [0, 0.05) is 0 Å². The lowest BCUT2D eigenvalue weighted by Crippen LogP contribution is -2.45. The number of hydrogen-bond acceptors (Lipinski definition) is 4. The summed E-state index contributed by atoms with van der Waals surface area (Å²) in [7, 11) is 0. The Labute approximate surface area is 400 Å². The third-order valence-electron chi connectivity index (χ3n) is 13.4. The van der Waals surface area contributed by atoms with E-state index in [1.807, 2.05) is 6.08 Å². The average Bonchev–Trinajstić information content (AvgIpc) is 3.29. The van der Waals surface area contributed by atoms with Crippen LogP contribution in [0.4, 0.5) is 0 Å². The highest BCUT2D eigenvalue weighted by molar-refractivity contribution is 5.76. The zero-order valence-electron chi connectivity index (χ0n) is 43.2. The van der Waals surface area contributed by atoms with Crippen molar-refractivity contribution in [3.63, 3.8) is 0 Å². The van der Waals surface area contributed by atoms with E-state index in [2.05, 4.69) is 43.5 Å². The largest absolute Gasteiger partial charge is 0.394 e. The molecule has 0 saturated carbocycles. The summed E-state index contributed by atoms with van der Waals surface area (Å²) in [6.07, 6.45) is 70.8. The predicted molar refractivity (Wildman–Crippen MR) is 282 cm³/mol. The van der Waals surface area contributed by atoms with Crippen molar-refractivity contribution in [3.05, 3.63) is 36.5 Å². The number of aliphatic hydroxyl groups excluding tert-OH is 3. The van der Waals surface area contributed by atoms with Crippen LogP contribution in [0.1, 0.15) is 309 Å². The molecule has 1 amide bonds. The lowest BCUT2D eigenvalue weighted by Gasteiger charge is -2.21. The molecule has 0 heterocycles. The molecule has 0 radical (unpaired) electrons. The third-order valence-corrected chi connectivity index (χ3v) is 13.4. The normalized spacial score (nSPS) is 13.5. The Morgan fingerprint density at radius 3 is 1.00 bits per heavy atom. The SMILES string of the molecule is CCCCCC/C=C/CC/C=C/CC/C=C/C(O)C(CO)NC(=O)CC(O)CCCCCCCCCCCCCCCCCCCCCCCCCCCCCCCCCCCCC. The molecule has 0 spiro atoms. The standard InChI is InChI=1S/C59H113NO4/c1-3-5-7-9-11-13-15-17-19-20-21-22-23-24-25-26-27-28-29-30-31-32-33-34-35-36-37-38-39-40-42-44-46-48-50-52-56(62)54-59(64)60-57(55-61)58(63)53-51-49-47-45-43-41-18-16-14-12-10-8-6-4-2/h14,16,43,45,51,53,56-58,61-63H,3-13,15,17-42,44,46-50,52,54-55H2,1-2H3,(H,60,64)/b16-14+,45-43+,53-51+. The highest BCUT2D eigenvalue weighted by Crippen LogP contribution is 2.18. The minimum Gasteiger partial charge on any atom is -0.394 e. The Balaban J connectivity index is 3.47. The minimum absolute atomic E-state index is 0.00540. The summed E-state index contributed by atoms with van der Waals surface area (Å²) in [5.41, 5.74) is 0. The van der Waals surface area contributed by atoms with Crippen molar-refractivity contribution >= 4 is 5.91 Å². The molecule has 0 aliphatic carbocycles. The number of allylic oxidation sites excluding steroid dienone is 5. The Hall–Kier alpha value is -1.43. The molecule has 378 valence electrons. The molecular formula is C59H113NO4. The summed E-state index contributed by atoms with van der Waals surface area (Å²) in [6.45, 7) is 4.20. The third kappa shape index (κ3) is 50.0. The Morgan fingerprint density at radius 2 is 0.672 bits per heavy atom. The van der Waals surface area contributed by atoms with Gasteiger partial charge in [-0.3, -0.25) is 4.79 Å². The van der Waals surface area contributed by atoms with Crippen LogP contribution in [0.5, 0.6) is 0 Å². The first-order valence-corrected chi connectivity index (χ1v) is 28.8. The lowest BCUT2D eigenvalue weighted by atomic mass is 10.0. The zero-order valence-corrected chi connectivity index (χ0v) is 43.2. The first kappa shape index (κ1) is 62.6. The molecule has 0 aromatic rings. The van der Waals surface area contributed by atoms with Crippen LogP contribution in [0.3, 0.4) is 0 Å². The average molecular weight is 901 g/mol. The van der Waals surface area contributed by atoms with Crippen LogP contribution in [0.25, 0.3) is 0 Å². The smallest absolute Gasteiger partial charge is 0.222 e. The van der Waals surface area contributed by atoms with E-state index in [0.29, 0.717) is 6.42 Å². The van der Waals surface area contributed by atoms with Gasteiger partial charge in [0.25, 0.3) is 0 Å². The fraction of sp³-hybridized carbons (Fsp3) is 0.881. The second kappa shape index (κ2) is 54.2. The number of nitrogens with one attached hydrogen (secondary N) is 1. The molecule has 3 atom stereocenters. The molecule has 0 aromatic heterocycles. The number of aliphatic hydroxyl groups is 3. The highest BCUT2D eigenvalue weighted by atomic mass is 16.3. The van der Waals surface area contributed by atoms with E-state index in [4.69, 9.17) is 0 Å². The summed E-state index contributed by atoms with van der Waals surface area (Å²) < 4.78 is 0. The van der Waals surface area contributed by atoms with E-state index in [9.17, 15) is 20.1 Å². The summed E-state index contributed by atoms with van der Waals surface area (Å²) >= 11 is 0. The van der Waals surface area contributed by atoms with Gasteiger partial charge < -0.3 is 20.6 Å². The van der Waals surface area contributed by atoms with Crippen molar-refractivity contribution in [3.8, 4) is 0 Å². The monoisotopic (exact) mass is 900 g/mol. The van der Waals surface area contributed by atoms with Crippen LogP contribution in [0.2, 0.25) is 0 Å². The van der Waals surface area contributed by atoms with Crippen LogP contribution >= 0.6 is 0 Å². The Kier molecular flexibility index (Phi) is 53.0. The molecule has 5 heteroatoms. The van der Waals surface area contributed by atoms with Crippen LogP contribution in [-0.2, 0) is 4.79 Å². The zero-order chi connectivity index (χ0) is 46.5. The van der Waals surface area contributed by atoms with Crippen molar-refractivity contribution in [2.45, 2.75) is 327 Å². The molecule has 0 fully saturated rings. The van der Waals surface area contributed by atoms with Gasteiger partial charge in [0.1, 0.15) is 0 Å². The number of rotatable bonds is 53. The molecule has 0 aromatic carbocycles. The lowest BCUT2D eigenvalue weighted by molar-refractivity contribution is -0.124. The van der Waals surface area contributed by atoms with Gasteiger partial charge in [0.05, 0.1) is 31.3 Å². The molecule has 64 heavy (non-hydrogen) atoms. The van der Waals surface area contributed by atoms with Crippen LogP contribution in [-0.4, -0.2) is 46.1 Å². The predicted octanol–water partition coefficient (Wildman–Crippen LogP) is 17.8. The number of unbranched alkanes of at least 4 members (excludes halogenated alkanes) is 40. The van der Waals surface area contributed by atoms with Crippen molar-refractivity contribution < 1.29 is 20.1 Å². The molecule has 0 saturated heterocycles. The van der Waals surface area contributed by atoms with Gasteiger partial charge >= 0.3 is 0 Å². The van der Waals surface area contributed by atoms with Crippen molar-refractivity contribution in [2.24, 2.45) is 0 Å². The van der Waals surface area contributed by atoms with Crippen LogP contribution in [0.15, 0.2) is 36.5 Å². The van der Waals surface area contributed by atoms with Gasteiger partial charge in [0.15, 0.2) is 0 Å². The maximum absolute atomic E-state index is 12.5. The molecule has 0 aliphatic heterocycles. The van der Waals surface area contributed by atoms with E-state index < -0.39 is 18.2 Å². The summed E-state index contributed by atoms with van der Waals surface area (Å²) in [5, 5.41) is 33.3. The van der Waals surface area contributed by atoms with E-state index in [-0.39, 0.29) is 18.9 Å². The molecule has 4 N–H and O–H groups in total. The molecule has 5 nitrogen and oxygen atoms in total. The van der Waals surface area contributed by atoms with Gasteiger partial charge in [0.2, 0.25) is 5.91 Å². The maximum atomic E-state index is 12.5. The summed E-state index contributed by atoms with van der Waals surface area (Å²) in [5.74, 6) is -0.326. The number of carbonyl (C=O) groups excluding carboxylic acids is 1. The van der Waals surface area contributed by atoms with Crippen molar-refractivity contribution in [2.75, 3.05) is 6.61 Å². The van der Waals surface area contributed by atoms with Gasteiger partial charge in [-0.1, -0.05) is 294 Å². The first-order valence-electron chi connectivity index (χ1n) is 28.8. The first-order chi connectivity index (χ1) is 31.5. The quantitative estimate of drug-likeness (QED) is 0.0362. The van der Waals surface area contributed by atoms with Crippen molar-refractivity contribution in [1.82, 2.24) is 5.32 Å². The maximum Gasteiger partial charge on any atom is 0.222 e. The van der Waals surface area contributed by atoms with E-state index in [1.54, 1.807) is 6.08 Å². The topological polar surface area (TPSA) is 89.8 Å². The molecule has 3 unspecified atom stereocenters. The van der Waals surface area contributed by atoms with Crippen LogP contribution < -0.4 is 5.32 Å². The number of hydrogen-bond donors (Lipinski definition) is 4. The van der Waals surface area contributed by atoms with E-state index >= 15 is 0 Å². The summed E-state index contributed by atoms with van der Waals surface area (Å²) in [4.78, 5) is 12.5. The molecule has 0 bridgehead atoms. The fourth-order valence-corrected chi connectivity index (χ4v) is 9.02. The second-order valence-electron chi connectivity index (χ2n) is 19.9. The van der Waals surface area contributed by atoms with Gasteiger partial charge in [-0.25, -0.2) is 0 Å². The number of amides is 1. The van der Waals surface area contributed by atoms with E-state index in [1.165, 1.54) is 244 Å². The fourth-order valence-electron chi connectivity index (χ4n) is 9.02. The van der Waals surface area contributed by atoms with Gasteiger partial charge in [-0.15, -0.1) is 0 Å². The number of carbonyl (C=O) groups is 1. The van der Waals surface area contributed by atoms with E-state index in [0.717, 1.165) is 38.5 Å². The summed E-state index contributed by atoms with van der Waals surface area (Å²) in [6, 6.07) is -0.766. The highest BCUT2D eigenvalue weighted by Gasteiger charge is 2.20. The minimum atomic E-state index is -0.958. The Morgan fingerprint density at radius 1 is 0.391 bits per heavy atom. The second-order valence-corrected chi connectivity index (χ2v) is 19.9. The van der Waals surface area contributed by atoms with Crippen LogP contribution in [0, 0.1) is 0 Å². The van der Waals surface area contributed by atoms with Gasteiger partial charge in [-0.05, 0) is 44.9 Å². The molecule has 0 rings (SSSR count). The van der Waals surface area contributed by atoms with Crippen molar-refractivity contribution in [1.29, 1.82) is 0 Å². The molecule has 0 aliphatic rings. The Bertz CT molecular complexity index is 993.